The average molecular weight is 458 g/mol. The van der Waals surface area contributed by atoms with Crippen molar-refractivity contribution in [2.24, 2.45) is 0 Å². The zero-order valence-corrected chi connectivity index (χ0v) is 17.6. The number of nitrogens with zero attached hydrogens (tertiary/aromatic N) is 1. The number of hydrogen-bond donors (Lipinski definition) is 2. The van der Waals surface area contributed by atoms with Gasteiger partial charge in [0.2, 0.25) is 0 Å². The number of amides is 2. The van der Waals surface area contributed by atoms with Crippen LogP contribution < -0.4 is 10.1 Å². The van der Waals surface area contributed by atoms with Crippen molar-refractivity contribution in [1.82, 2.24) is 4.90 Å². The Morgan fingerprint density at radius 3 is 2.32 bits per heavy atom. The number of carbonyl (C=O) groups is 3. The molecule has 0 aliphatic rings. The fourth-order valence-electron chi connectivity index (χ4n) is 2.70. The molecule has 2 amide bonds. The number of ketones is 1. The molecule has 7 nitrogen and oxygen atoms in total. The maximum atomic E-state index is 12.9. The summed E-state index contributed by atoms with van der Waals surface area (Å²) in [5, 5.41) is 11.8. The lowest BCUT2D eigenvalue weighted by Gasteiger charge is -2.20. The van der Waals surface area contributed by atoms with Crippen LogP contribution in [0.2, 0.25) is 0 Å². The van der Waals surface area contributed by atoms with Gasteiger partial charge in [-0.1, -0.05) is 13.8 Å². The summed E-state index contributed by atoms with van der Waals surface area (Å²) in [6.45, 7) is 3.38. The molecule has 1 aromatic heterocycles. The minimum absolute atomic E-state index is 0.112. The van der Waals surface area contributed by atoms with Crippen molar-refractivity contribution in [1.29, 1.82) is 0 Å². The van der Waals surface area contributed by atoms with Crippen LogP contribution in [0.3, 0.4) is 0 Å². The predicted molar refractivity (Wildman–Crippen MR) is 109 cm³/mol. The molecular weight excluding hydrogens is 437 g/mol. The van der Waals surface area contributed by atoms with E-state index < -0.39 is 36.4 Å². The van der Waals surface area contributed by atoms with Crippen molar-refractivity contribution < 1.29 is 37.4 Å². The van der Waals surface area contributed by atoms with Crippen molar-refractivity contribution in [3.8, 4) is 5.75 Å². The summed E-state index contributed by atoms with van der Waals surface area (Å²) in [5.41, 5.74) is 0.285. The Hall–Kier alpha value is -3.08. The van der Waals surface area contributed by atoms with E-state index in [1.165, 1.54) is 23.5 Å². The highest BCUT2D eigenvalue weighted by Gasteiger charge is 2.31. The number of nitrogens with one attached hydrogen (secondary N) is 1. The summed E-state index contributed by atoms with van der Waals surface area (Å²) < 4.78 is 40.7. The number of carboxylic acids is 1. The Kier molecular flexibility index (Phi) is 8.03. The Bertz CT molecular complexity index is 941. The van der Waals surface area contributed by atoms with E-state index >= 15 is 0 Å². The van der Waals surface area contributed by atoms with E-state index in [-0.39, 0.29) is 22.7 Å². The molecule has 168 valence electrons. The molecule has 0 radical (unpaired) electrons. The molecule has 11 heteroatoms. The number of halogens is 3. The van der Waals surface area contributed by atoms with Gasteiger partial charge in [-0.3, -0.25) is 14.9 Å². The number of ether oxygens (including phenoxy) is 1. The number of thiophene rings is 1. The van der Waals surface area contributed by atoms with E-state index in [1.807, 2.05) is 6.92 Å². The van der Waals surface area contributed by atoms with E-state index in [4.69, 9.17) is 5.11 Å². The summed E-state index contributed by atoms with van der Waals surface area (Å²) in [6.07, 6.45) is -3.71. The topological polar surface area (TPSA) is 95.9 Å². The number of carboxylic acid groups (broad SMARTS) is 1. The number of benzene rings is 1. The summed E-state index contributed by atoms with van der Waals surface area (Å²) in [7, 11) is 0. The smallest absolute Gasteiger partial charge is 0.480 e. The van der Waals surface area contributed by atoms with Gasteiger partial charge in [-0.15, -0.1) is 24.5 Å². The van der Waals surface area contributed by atoms with Crippen LogP contribution >= 0.6 is 11.3 Å². The number of hydrogen-bond acceptors (Lipinski definition) is 5. The van der Waals surface area contributed by atoms with E-state index in [9.17, 15) is 27.6 Å². The molecular formula is C20H21F3N2O5S. The monoisotopic (exact) mass is 458 g/mol. The zero-order valence-electron chi connectivity index (χ0n) is 16.8. The van der Waals surface area contributed by atoms with Crippen LogP contribution in [-0.2, 0) is 11.2 Å². The quantitative estimate of drug-likeness (QED) is 0.528. The lowest BCUT2D eigenvalue weighted by molar-refractivity contribution is -0.274. The molecule has 0 saturated carbocycles. The standard InChI is InChI=1S/C20H21F3N2O5S/c1-3-9-25(11-16(26)27)19(29)24-18-15(10-14(4-2)31-18)17(28)12-5-7-13(8-6-12)30-20(21,22)23/h5-8,10H,3-4,9,11H2,1-2H3,(H,24,29)(H,26,27). The van der Waals surface area contributed by atoms with Crippen LogP contribution in [0.25, 0.3) is 0 Å². The van der Waals surface area contributed by atoms with Gasteiger partial charge in [-0.05, 0) is 43.2 Å². The summed E-state index contributed by atoms with van der Waals surface area (Å²) in [6, 6.07) is 5.41. The molecule has 1 aromatic carbocycles. The molecule has 0 unspecified atom stereocenters. The fourth-order valence-corrected chi connectivity index (χ4v) is 3.69. The average Bonchev–Trinajstić information content (AvgIpc) is 3.09. The van der Waals surface area contributed by atoms with Crippen LogP contribution in [0, 0.1) is 0 Å². The zero-order chi connectivity index (χ0) is 23.2. The van der Waals surface area contributed by atoms with E-state index in [0.717, 1.165) is 21.9 Å². The number of carbonyl (C=O) groups excluding carboxylic acids is 2. The van der Waals surface area contributed by atoms with Gasteiger partial charge >= 0.3 is 18.4 Å². The molecule has 31 heavy (non-hydrogen) atoms. The van der Waals surface area contributed by atoms with Crippen molar-refractivity contribution in [2.45, 2.75) is 33.1 Å². The highest BCUT2D eigenvalue weighted by molar-refractivity contribution is 7.16. The summed E-state index contributed by atoms with van der Waals surface area (Å²) in [4.78, 5) is 38.4. The normalized spacial score (nSPS) is 11.1. The van der Waals surface area contributed by atoms with Crippen molar-refractivity contribution in [3.05, 3.63) is 46.3 Å². The third-order valence-corrected chi connectivity index (χ3v) is 5.25. The molecule has 0 atom stereocenters. The highest BCUT2D eigenvalue weighted by atomic mass is 32.1. The van der Waals surface area contributed by atoms with Gasteiger partial charge in [0, 0.05) is 17.0 Å². The second-order valence-corrected chi connectivity index (χ2v) is 7.59. The highest BCUT2D eigenvalue weighted by Crippen LogP contribution is 2.31. The maximum Gasteiger partial charge on any atom is 0.573 e. The first-order chi connectivity index (χ1) is 14.5. The molecule has 0 aliphatic heterocycles. The largest absolute Gasteiger partial charge is 0.573 e. The Morgan fingerprint density at radius 2 is 1.81 bits per heavy atom. The number of aryl methyl sites for hydroxylation is 1. The lowest BCUT2D eigenvalue weighted by atomic mass is 10.0. The van der Waals surface area contributed by atoms with Gasteiger partial charge < -0.3 is 14.7 Å². The van der Waals surface area contributed by atoms with Crippen LogP contribution in [0.4, 0.5) is 23.0 Å². The molecule has 0 aliphatic carbocycles. The number of aliphatic carboxylic acids is 1. The van der Waals surface area contributed by atoms with Gasteiger partial charge in [0.25, 0.3) is 0 Å². The lowest BCUT2D eigenvalue weighted by Crippen LogP contribution is -2.39. The van der Waals surface area contributed by atoms with Crippen LogP contribution in [0.15, 0.2) is 30.3 Å². The van der Waals surface area contributed by atoms with E-state index in [2.05, 4.69) is 10.1 Å². The van der Waals surface area contributed by atoms with Gasteiger partial charge in [0.05, 0.1) is 5.56 Å². The SMILES string of the molecule is CCCN(CC(=O)O)C(=O)Nc1sc(CC)cc1C(=O)c1ccc(OC(F)(F)F)cc1. The summed E-state index contributed by atoms with van der Waals surface area (Å²) >= 11 is 1.18. The first-order valence-electron chi connectivity index (χ1n) is 9.35. The molecule has 0 bridgehead atoms. The van der Waals surface area contributed by atoms with E-state index in [1.54, 1.807) is 13.0 Å². The van der Waals surface area contributed by atoms with Gasteiger partial charge in [-0.25, -0.2) is 4.79 Å². The van der Waals surface area contributed by atoms with Gasteiger partial charge in [0.1, 0.15) is 17.3 Å². The second-order valence-electron chi connectivity index (χ2n) is 6.46. The third-order valence-electron chi connectivity index (χ3n) is 4.05. The third kappa shape index (κ3) is 6.99. The van der Waals surface area contributed by atoms with Gasteiger partial charge in [0.15, 0.2) is 5.78 Å². The van der Waals surface area contributed by atoms with Crippen molar-refractivity contribution in [2.75, 3.05) is 18.4 Å². The molecule has 0 fully saturated rings. The molecule has 1 heterocycles. The Morgan fingerprint density at radius 1 is 1.16 bits per heavy atom. The van der Waals surface area contributed by atoms with Crippen LogP contribution in [0.1, 0.15) is 41.1 Å². The maximum absolute atomic E-state index is 12.9. The first kappa shape index (κ1) is 24.2. The molecule has 2 aromatic rings. The first-order valence-corrected chi connectivity index (χ1v) is 10.2. The molecule has 2 N–H and O–H groups in total. The van der Waals surface area contributed by atoms with Gasteiger partial charge in [-0.2, -0.15) is 0 Å². The fraction of sp³-hybridized carbons (Fsp3) is 0.350. The number of urea groups is 1. The minimum atomic E-state index is -4.84. The molecule has 2 rings (SSSR count). The number of anilines is 1. The predicted octanol–water partition coefficient (Wildman–Crippen LogP) is 4.77. The number of rotatable bonds is 9. The molecule has 0 spiro atoms. The van der Waals surface area contributed by atoms with Crippen LogP contribution in [-0.4, -0.2) is 47.2 Å². The second kappa shape index (κ2) is 10.3. The number of alkyl halides is 3. The Labute approximate surface area is 180 Å². The summed E-state index contributed by atoms with van der Waals surface area (Å²) in [5.74, 6) is -2.12. The van der Waals surface area contributed by atoms with Crippen LogP contribution in [0.5, 0.6) is 5.75 Å². The van der Waals surface area contributed by atoms with E-state index in [0.29, 0.717) is 12.8 Å². The van der Waals surface area contributed by atoms with Crippen molar-refractivity contribution in [3.63, 3.8) is 0 Å². The minimum Gasteiger partial charge on any atom is -0.480 e. The molecule has 0 saturated heterocycles. The Balaban J connectivity index is 2.27. The van der Waals surface area contributed by atoms with Crippen molar-refractivity contribution >= 4 is 34.1 Å².